The lowest BCUT2D eigenvalue weighted by atomic mass is 9.97. The number of piperazine rings is 1. The summed E-state index contributed by atoms with van der Waals surface area (Å²) in [5, 5.41) is 5.94. The van der Waals surface area contributed by atoms with Crippen LogP contribution in [0.3, 0.4) is 0 Å². The topological polar surface area (TPSA) is 99.3 Å². The van der Waals surface area contributed by atoms with E-state index in [9.17, 15) is 22.8 Å². The number of fused-ring (bicyclic) bond motifs is 1. The van der Waals surface area contributed by atoms with Crippen molar-refractivity contribution in [2.24, 2.45) is 0 Å². The molecule has 2 N–H and O–H groups in total. The van der Waals surface area contributed by atoms with Gasteiger partial charge >= 0.3 is 6.18 Å². The lowest BCUT2D eigenvalue weighted by Crippen LogP contribution is -2.50. The molecule has 13 heteroatoms. The molecule has 0 saturated carbocycles. The molecule has 1 aromatic heterocycles. The minimum atomic E-state index is -4.46. The van der Waals surface area contributed by atoms with Crippen LogP contribution in [0.2, 0.25) is 0 Å². The first-order valence-electron chi connectivity index (χ1n) is 17.6. The molecule has 4 heterocycles. The van der Waals surface area contributed by atoms with Gasteiger partial charge in [-0.05, 0) is 91.1 Å². The Hall–Kier alpha value is -5.30. The largest absolute Gasteiger partial charge is 0.454 e. The van der Waals surface area contributed by atoms with Crippen molar-refractivity contribution in [3.63, 3.8) is 0 Å². The molecule has 2 fully saturated rings. The number of benzene rings is 3. The minimum absolute atomic E-state index is 0.116. The Bertz CT molecular complexity index is 1850. The number of alkyl halides is 3. The van der Waals surface area contributed by atoms with E-state index in [0.29, 0.717) is 24.5 Å². The van der Waals surface area contributed by atoms with Gasteiger partial charge in [-0.3, -0.25) is 14.5 Å². The molecule has 3 aliphatic heterocycles. The third kappa shape index (κ3) is 8.59. The number of pyridine rings is 1. The summed E-state index contributed by atoms with van der Waals surface area (Å²) in [6.07, 6.45) is 0.747. The fourth-order valence-electron chi connectivity index (χ4n) is 6.92. The Labute approximate surface area is 300 Å². The molecule has 0 bridgehead atoms. The number of piperidine rings is 1. The number of aromatic nitrogens is 1. The van der Waals surface area contributed by atoms with Gasteiger partial charge < -0.3 is 29.9 Å². The molecular formula is C39H41F3N6O4. The molecule has 4 aromatic rings. The summed E-state index contributed by atoms with van der Waals surface area (Å²) >= 11 is 0. The van der Waals surface area contributed by atoms with E-state index >= 15 is 0 Å². The van der Waals surface area contributed by atoms with Crippen LogP contribution < -0.4 is 25.0 Å². The van der Waals surface area contributed by atoms with Gasteiger partial charge in [-0.2, -0.15) is 13.2 Å². The number of carbonyl (C=O) groups is 2. The Morgan fingerprint density at radius 1 is 0.827 bits per heavy atom. The molecule has 272 valence electrons. The van der Waals surface area contributed by atoms with E-state index in [1.807, 2.05) is 17.0 Å². The van der Waals surface area contributed by atoms with Crippen molar-refractivity contribution >= 4 is 29.0 Å². The number of hydrogen-bond donors (Lipinski definition) is 2. The van der Waals surface area contributed by atoms with Gasteiger partial charge in [0.2, 0.25) is 12.7 Å². The molecule has 7 rings (SSSR count). The monoisotopic (exact) mass is 714 g/mol. The summed E-state index contributed by atoms with van der Waals surface area (Å²) in [5.41, 5.74) is 3.09. The molecule has 0 aliphatic carbocycles. The second-order valence-corrected chi connectivity index (χ2v) is 13.4. The van der Waals surface area contributed by atoms with Gasteiger partial charge in [0.05, 0.1) is 17.4 Å². The molecule has 10 nitrogen and oxygen atoms in total. The van der Waals surface area contributed by atoms with Crippen LogP contribution in [0.4, 0.5) is 30.4 Å². The maximum Gasteiger partial charge on any atom is 0.416 e. The number of anilines is 3. The highest BCUT2D eigenvalue weighted by atomic mass is 19.4. The van der Waals surface area contributed by atoms with E-state index in [4.69, 9.17) is 9.47 Å². The fraction of sp³-hybridized carbons (Fsp3) is 0.359. The molecule has 3 aromatic carbocycles. The highest BCUT2D eigenvalue weighted by Crippen LogP contribution is 2.33. The number of nitrogens with one attached hydrogen (secondary N) is 2. The molecule has 1 atom stereocenters. The van der Waals surface area contributed by atoms with E-state index in [1.165, 1.54) is 11.8 Å². The maximum atomic E-state index is 13.5. The number of rotatable bonds is 10. The molecule has 0 spiro atoms. The van der Waals surface area contributed by atoms with Crippen LogP contribution in [0.1, 0.15) is 52.7 Å². The van der Waals surface area contributed by atoms with Gasteiger partial charge in [-0.15, -0.1) is 0 Å². The van der Waals surface area contributed by atoms with Crippen molar-refractivity contribution in [2.45, 2.75) is 51.0 Å². The van der Waals surface area contributed by atoms with Crippen LogP contribution in [0.25, 0.3) is 0 Å². The average molecular weight is 715 g/mol. The number of ether oxygens (including phenoxy) is 2. The second-order valence-electron chi connectivity index (χ2n) is 13.4. The molecule has 3 aliphatic rings. The highest BCUT2D eigenvalue weighted by molar-refractivity contribution is 6.04. The lowest BCUT2D eigenvalue weighted by Gasteiger charge is -2.40. The normalized spacial score (nSPS) is 17.6. The zero-order valence-electron chi connectivity index (χ0n) is 28.7. The van der Waals surface area contributed by atoms with Crippen molar-refractivity contribution in [1.29, 1.82) is 0 Å². The summed E-state index contributed by atoms with van der Waals surface area (Å²) in [6.45, 7) is 5.68. The van der Waals surface area contributed by atoms with Gasteiger partial charge in [-0.25, -0.2) is 4.98 Å². The van der Waals surface area contributed by atoms with Gasteiger partial charge in [-0.1, -0.05) is 18.2 Å². The third-order valence-corrected chi connectivity index (χ3v) is 9.84. The number of hydrogen-bond acceptors (Lipinski definition) is 8. The SMILES string of the molecule is O=C(Nc1ccc(NCc2ccc(N3CCCCC3CC(=O)N3CCN(Cc4ccc5c(c4)OCO5)CC3)cc2)nc1)c1ccc(C(F)(F)F)cc1. The van der Waals surface area contributed by atoms with Crippen molar-refractivity contribution in [1.82, 2.24) is 14.8 Å². The summed E-state index contributed by atoms with van der Waals surface area (Å²) in [7, 11) is 0. The van der Waals surface area contributed by atoms with Crippen LogP contribution in [0, 0.1) is 0 Å². The molecule has 1 unspecified atom stereocenters. The van der Waals surface area contributed by atoms with Crippen LogP contribution in [0.5, 0.6) is 11.5 Å². The number of nitrogens with zero attached hydrogens (tertiary/aromatic N) is 4. The first kappa shape index (κ1) is 35.1. The molecule has 2 amide bonds. The van der Waals surface area contributed by atoms with E-state index in [1.54, 1.807) is 12.1 Å². The summed E-state index contributed by atoms with van der Waals surface area (Å²) in [4.78, 5) is 37.1. The van der Waals surface area contributed by atoms with Crippen LogP contribution in [0.15, 0.2) is 85.1 Å². The zero-order chi connectivity index (χ0) is 36.1. The maximum absolute atomic E-state index is 13.5. The zero-order valence-corrected chi connectivity index (χ0v) is 28.7. The lowest BCUT2D eigenvalue weighted by molar-refractivity contribution is -0.137. The standard InChI is InChI=1S/C39H41F3N6O4/c40-39(41,42)30-9-7-29(8-10-30)38(50)45-31-11-15-36(44-24-31)43-23-27-4-12-32(13-5-27)48-16-2-1-3-33(48)22-37(49)47-19-17-46(18-20-47)25-28-6-14-34-35(21-28)52-26-51-34/h4-15,21,24,33H,1-3,16-20,22-23,25-26H2,(H,43,44)(H,45,50). The van der Waals surface area contributed by atoms with E-state index in [0.717, 1.165) is 106 Å². The summed E-state index contributed by atoms with van der Waals surface area (Å²) in [5.74, 6) is 1.89. The third-order valence-electron chi connectivity index (χ3n) is 9.84. The molecule has 52 heavy (non-hydrogen) atoms. The van der Waals surface area contributed by atoms with Gasteiger partial charge in [0, 0.05) is 69.5 Å². The van der Waals surface area contributed by atoms with Crippen molar-refractivity contribution < 1.29 is 32.2 Å². The average Bonchev–Trinajstić information content (AvgIpc) is 3.63. The van der Waals surface area contributed by atoms with Crippen LogP contribution in [-0.4, -0.2) is 72.2 Å². The minimum Gasteiger partial charge on any atom is -0.454 e. The first-order chi connectivity index (χ1) is 25.2. The Kier molecular flexibility index (Phi) is 10.5. The van der Waals surface area contributed by atoms with E-state index < -0.39 is 17.6 Å². The summed E-state index contributed by atoms with van der Waals surface area (Å²) in [6, 6.07) is 22.1. The van der Waals surface area contributed by atoms with E-state index in [-0.39, 0.29) is 24.3 Å². The molecule has 2 saturated heterocycles. The fourth-order valence-corrected chi connectivity index (χ4v) is 6.92. The number of halogens is 3. The van der Waals surface area contributed by atoms with E-state index in [2.05, 4.69) is 55.7 Å². The van der Waals surface area contributed by atoms with Crippen LogP contribution in [-0.2, 0) is 24.1 Å². The number of amides is 2. The van der Waals surface area contributed by atoms with Gasteiger partial charge in [0.25, 0.3) is 5.91 Å². The quantitative estimate of drug-likeness (QED) is 0.186. The summed E-state index contributed by atoms with van der Waals surface area (Å²) < 4.78 is 49.4. The van der Waals surface area contributed by atoms with Gasteiger partial charge in [0.15, 0.2) is 11.5 Å². The first-order valence-corrected chi connectivity index (χ1v) is 17.6. The Morgan fingerprint density at radius 3 is 2.31 bits per heavy atom. The van der Waals surface area contributed by atoms with Crippen LogP contribution >= 0.6 is 0 Å². The van der Waals surface area contributed by atoms with Gasteiger partial charge in [0.1, 0.15) is 5.82 Å². The predicted molar refractivity (Wildman–Crippen MR) is 191 cm³/mol. The molecule has 0 radical (unpaired) electrons. The van der Waals surface area contributed by atoms with Crippen molar-refractivity contribution in [3.8, 4) is 11.5 Å². The van der Waals surface area contributed by atoms with Crippen molar-refractivity contribution in [3.05, 3.63) is 107 Å². The highest BCUT2D eigenvalue weighted by Gasteiger charge is 2.31. The van der Waals surface area contributed by atoms with Crippen molar-refractivity contribution in [2.75, 3.05) is 55.1 Å². The molecular weight excluding hydrogens is 673 g/mol. The Balaban J connectivity index is 0.865. The predicted octanol–water partition coefficient (Wildman–Crippen LogP) is 6.79. The Morgan fingerprint density at radius 2 is 1.58 bits per heavy atom. The smallest absolute Gasteiger partial charge is 0.416 e. The second kappa shape index (κ2) is 15.5. The number of carbonyl (C=O) groups excluding carboxylic acids is 2.